The number of ether oxygens (including phenoxy) is 1. The molecule has 3 aromatic heterocycles. The molecule has 6 heteroatoms. The van der Waals surface area contributed by atoms with Crippen LogP contribution in [0.15, 0.2) is 283 Å². The maximum absolute atomic E-state index is 5.81. The van der Waals surface area contributed by atoms with E-state index in [1.54, 1.807) is 7.11 Å². The SMILES string of the molecule is COc1ccc2c(c1)c1ccccc1c1cc3c4cc5c(cc4n(-c4ccccc4)c3cc21)N(c1ccc2c(c1)c1cc(-c3ccc4c(c3)c3ccccc3n4-c3ccccc3)ccc1n2-c1ccccc1)c1cc2ccccc2cc1S5. The van der Waals surface area contributed by atoms with E-state index in [2.05, 4.69) is 292 Å². The maximum Gasteiger partial charge on any atom is 0.119 e. The summed E-state index contributed by atoms with van der Waals surface area (Å²) in [5.74, 6) is 0.853. The molecule has 0 saturated carbocycles. The van der Waals surface area contributed by atoms with E-state index in [4.69, 9.17) is 4.74 Å². The summed E-state index contributed by atoms with van der Waals surface area (Å²) in [6.45, 7) is 0. The van der Waals surface area contributed by atoms with Crippen molar-refractivity contribution in [3.63, 3.8) is 0 Å². The van der Waals surface area contributed by atoms with E-state index in [1.165, 1.54) is 113 Å². The van der Waals surface area contributed by atoms with Crippen LogP contribution >= 0.6 is 11.8 Å². The van der Waals surface area contributed by atoms with Crippen molar-refractivity contribution >= 4 is 137 Å². The number of para-hydroxylation sites is 4. The van der Waals surface area contributed by atoms with Gasteiger partial charge < -0.3 is 23.3 Å². The summed E-state index contributed by atoms with van der Waals surface area (Å²) in [7, 11) is 1.75. The molecule has 0 spiro atoms. The van der Waals surface area contributed by atoms with Gasteiger partial charge in [0.1, 0.15) is 5.75 Å². The van der Waals surface area contributed by atoms with Crippen LogP contribution in [0.5, 0.6) is 5.75 Å². The first-order chi connectivity index (χ1) is 41.1. The number of fused-ring (bicyclic) bond motifs is 18. The minimum absolute atomic E-state index is 0.853. The van der Waals surface area contributed by atoms with Gasteiger partial charge in [0.2, 0.25) is 0 Å². The Bertz CT molecular complexity index is 5580. The van der Waals surface area contributed by atoms with E-state index in [0.29, 0.717) is 0 Å². The molecule has 0 radical (unpaired) electrons. The fourth-order valence-electron chi connectivity index (χ4n) is 13.9. The van der Waals surface area contributed by atoms with E-state index in [1.807, 2.05) is 11.8 Å². The minimum Gasteiger partial charge on any atom is -0.497 e. The van der Waals surface area contributed by atoms with Crippen LogP contribution in [0.4, 0.5) is 17.1 Å². The molecule has 0 amide bonds. The van der Waals surface area contributed by atoms with Gasteiger partial charge >= 0.3 is 0 Å². The number of methoxy groups -OCH3 is 1. The minimum atomic E-state index is 0.853. The van der Waals surface area contributed by atoms with Crippen molar-refractivity contribution in [2.75, 3.05) is 12.0 Å². The maximum atomic E-state index is 5.81. The van der Waals surface area contributed by atoms with Gasteiger partial charge in [-0.15, -0.1) is 0 Å². The third kappa shape index (κ3) is 6.85. The lowest BCUT2D eigenvalue weighted by molar-refractivity contribution is 0.415. The molecule has 0 saturated heterocycles. The summed E-state index contributed by atoms with van der Waals surface area (Å²) in [5, 5.41) is 17.0. The Morgan fingerprint density at radius 2 is 0.711 bits per heavy atom. The molecule has 18 rings (SSSR count). The van der Waals surface area contributed by atoms with Gasteiger partial charge in [-0.3, -0.25) is 0 Å². The van der Waals surface area contributed by atoms with E-state index in [9.17, 15) is 0 Å². The van der Waals surface area contributed by atoms with E-state index in [-0.39, 0.29) is 0 Å². The molecular formula is C77H48N4OS. The van der Waals surface area contributed by atoms with Crippen molar-refractivity contribution in [3.8, 4) is 33.9 Å². The predicted octanol–water partition coefficient (Wildman–Crippen LogP) is 21.2. The van der Waals surface area contributed by atoms with Crippen molar-refractivity contribution in [1.29, 1.82) is 0 Å². The first-order valence-corrected chi connectivity index (χ1v) is 29.2. The number of hydrogen-bond acceptors (Lipinski definition) is 3. The zero-order valence-electron chi connectivity index (χ0n) is 45.1. The van der Waals surface area contributed by atoms with Crippen LogP contribution in [0, 0.1) is 0 Å². The summed E-state index contributed by atoms with van der Waals surface area (Å²) in [5.41, 5.74) is 16.2. The number of rotatable bonds is 6. The molecule has 17 aromatic rings. The molecule has 5 nitrogen and oxygen atoms in total. The number of anilines is 3. The summed E-state index contributed by atoms with van der Waals surface area (Å²) in [6, 6.07) is 101. The second kappa shape index (κ2) is 17.7. The monoisotopic (exact) mass is 1080 g/mol. The topological polar surface area (TPSA) is 27.3 Å². The number of nitrogens with zero attached hydrogens (tertiary/aromatic N) is 4. The zero-order valence-corrected chi connectivity index (χ0v) is 45.9. The Hall–Kier alpha value is -10.5. The average molecular weight is 1080 g/mol. The highest BCUT2D eigenvalue weighted by atomic mass is 32.2. The van der Waals surface area contributed by atoms with Crippen molar-refractivity contribution < 1.29 is 4.74 Å². The number of aromatic nitrogens is 3. The summed E-state index contributed by atoms with van der Waals surface area (Å²) >= 11 is 1.88. The van der Waals surface area contributed by atoms with Crippen molar-refractivity contribution in [3.05, 3.63) is 273 Å². The third-order valence-electron chi connectivity index (χ3n) is 17.6. The molecule has 0 unspecified atom stereocenters. The molecule has 0 fully saturated rings. The van der Waals surface area contributed by atoms with Crippen LogP contribution in [0.2, 0.25) is 0 Å². The van der Waals surface area contributed by atoms with E-state index >= 15 is 0 Å². The standard InChI is InChI=1S/C77H48N4OS/c1-82-55-32-33-58-60(42-55)56-25-13-14-26-57(56)61-43-66-67-45-77-75(46-73(67)80(72(66)44-62(58)61)53-23-9-4-10-24-53)81(74-39-47-17-11-12-18-48(47)40-76(74)83-77)54-31-36-71-65(41-54)64-38-50(30-35-70(64)79(71)52-21-7-3-8-22-52)49-29-34-69-63(37-49)59-27-15-16-28-68(59)78(69)51-19-5-2-6-20-51/h2-46H,1H3. The molecule has 0 atom stereocenters. The first kappa shape index (κ1) is 46.2. The normalized spacial score (nSPS) is 12.6. The van der Waals surface area contributed by atoms with Gasteiger partial charge in [0.25, 0.3) is 0 Å². The Kier molecular flexibility index (Phi) is 9.88. The molecule has 0 bridgehead atoms. The highest BCUT2D eigenvalue weighted by Gasteiger charge is 2.30. The van der Waals surface area contributed by atoms with Gasteiger partial charge in [0.05, 0.1) is 51.6 Å². The van der Waals surface area contributed by atoms with Gasteiger partial charge in [0.15, 0.2) is 0 Å². The zero-order chi connectivity index (χ0) is 54.4. The molecule has 14 aromatic carbocycles. The van der Waals surface area contributed by atoms with Gasteiger partial charge in [-0.1, -0.05) is 151 Å². The van der Waals surface area contributed by atoms with Gasteiger partial charge in [0, 0.05) is 64.9 Å². The average Bonchev–Trinajstić information content (AvgIpc) is 2.66. The Balaban J connectivity index is 0.886. The molecule has 1 aliphatic rings. The van der Waals surface area contributed by atoms with Crippen molar-refractivity contribution in [2.45, 2.75) is 9.79 Å². The number of hydrogen-bond donors (Lipinski definition) is 0. The molecule has 0 aliphatic carbocycles. The Morgan fingerprint density at radius 1 is 0.265 bits per heavy atom. The fraction of sp³-hybridized carbons (Fsp3) is 0.0130. The number of benzene rings is 14. The largest absolute Gasteiger partial charge is 0.497 e. The summed E-state index contributed by atoms with van der Waals surface area (Å²) in [4.78, 5) is 4.97. The van der Waals surface area contributed by atoms with Crippen LogP contribution in [0.3, 0.4) is 0 Å². The lowest BCUT2D eigenvalue weighted by Crippen LogP contribution is -2.15. The highest BCUT2D eigenvalue weighted by molar-refractivity contribution is 7.99. The van der Waals surface area contributed by atoms with Crippen molar-refractivity contribution in [2.24, 2.45) is 0 Å². The van der Waals surface area contributed by atoms with Crippen LogP contribution in [-0.4, -0.2) is 20.8 Å². The van der Waals surface area contributed by atoms with Crippen LogP contribution < -0.4 is 9.64 Å². The summed E-state index contributed by atoms with van der Waals surface area (Å²) < 4.78 is 13.1. The Labute approximate surface area is 481 Å². The molecule has 0 N–H and O–H groups in total. The molecule has 4 heterocycles. The smallest absolute Gasteiger partial charge is 0.119 e. The Morgan fingerprint density at radius 3 is 1.36 bits per heavy atom. The van der Waals surface area contributed by atoms with E-state index in [0.717, 1.165) is 56.4 Å². The van der Waals surface area contributed by atoms with Gasteiger partial charge in [-0.25, -0.2) is 0 Å². The second-order valence-corrected chi connectivity index (χ2v) is 23.1. The highest BCUT2D eigenvalue weighted by Crippen LogP contribution is 2.56. The third-order valence-corrected chi connectivity index (χ3v) is 18.7. The van der Waals surface area contributed by atoms with E-state index < -0.39 is 0 Å². The molecule has 83 heavy (non-hydrogen) atoms. The molecule has 1 aliphatic heterocycles. The van der Waals surface area contributed by atoms with Crippen LogP contribution in [-0.2, 0) is 0 Å². The second-order valence-electron chi connectivity index (χ2n) is 22.0. The lowest BCUT2D eigenvalue weighted by Gasteiger charge is -2.33. The first-order valence-electron chi connectivity index (χ1n) is 28.3. The fourth-order valence-corrected chi connectivity index (χ4v) is 15.0. The molecular weight excluding hydrogens is 1030 g/mol. The van der Waals surface area contributed by atoms with Gasteiger partial charge in [-0.05, 0) is 188 Å². The molecule has 388 valence electrons. The van der Waals surface area contributed by atoms with Crippen LogP contribution in [0.25, 0.3) is 137 Å². The van der Waals surface area contributed by atoms with Crippen LogP contribution in [0.1, 0.15) is 0 Å². The lowest BCUT2D eigenvalue weighted by atomic mass is 9.93. The van der Waals surface area contributed by atoms with Gasteiger partial charge in [-0.2, -0.15) is 0 Å². The van der Waals surface area contributed by atoms with Crippen molar-refractivity contribution in [1.82, 2.24) is 13.7 Å². The predicted molar refractivity (Wildman–Crippen MR) is 350 cm³/mol. The quantitative estimate of drug-likeness (QED) is 0.155. The summed E-state index contributed by atoms with van der Waals surface area (Å²) in [6.07, 6.45) is 0.